The van der Waals surface area contributed by atoms with Crippen molar-refractivity contribution < 1.29 is 0 Å². The summed E-state index contributed by atoms with van der Waals surface area (Å²) in [7, 11) is 0. The largest absolute Gasteiger partial charge is 0.252 e. The summed E-state index contributed by atoms with van der Waals surface area (Å²) in [5.41, 5.74) is 5.25. The summed E-state index contributed by atoms with van der Waals surface area (Å²) in [5.74, 6) is 0. The van der Waals surface area contributed by atoms with Crippen molar-refractivity contribution in [1.82, 2.24) is 9.97 Å². The Morgan fingerprint density at radius 1 is 0.684 bits per heavy atom. The van der Waals surface area contributed by atoms with Gasteiger partial charge in [0.15, 0.2) is 0 Å². The highest BCUT2D eigenvalue weighted by atomic mass is 14.8. The SMILES string of the molecule is Cc1ccccc1-c1cnc(-c2ccccc2)cn1. The van der Waals surface area contributed by atoms with Crippen LogP contribution in [0.2, 0.25) is 0 Å². The topological polar surface area (TPSA) is 25.8 Å². The maximum absolute atomic E-state index is 4.52. The van der Waals surface area contributed by atoms with E-state index in [2.05, 4.69) is 29.0 Å². The van der Waals surface area contributed by atoms with Crippen LogP contribution in [0.5, 0.6) is 0 Å². The number of aromatic nitrogens is 2. The third-order valence-corrected chi connectivity index (χ3v) is 3.14. The molecule has 0 saturated carbocycles. The molecule has 3 aromatic rings. The van der Waals surface area contributed by atoms with E-state index in [9.17, 15) is 0 Å². The molecule has 3 rings (SSSR count). The van der Waals surface area contributed by atoms with Crippen LogP contribution in [0.4, 0.5) is 0 Å². The Morgan fingerprint density at radius 3 is 2.00 bits per heavy atom. The van der Waals surface area contributed by atoms with Crippen LogP contribution in [0.3, 0.4) is 0 Å². The molecule has 92 valence electrons. The Balaban J connectivity index is 1.98. The van der Waals surface area contributed by atoms with E-state index < -0.39 is 0 Å². The van der Waals surface area contributed by atoms with Crippen molar-refractivity contribution in [2.45, 2.75) is 6.92 Å². The molecular weight excluding hydrogens is 232 g/mol. The van der Waals surface area contributed by atoms with Crippen LogP contribution in [0.25, 0.3) is 22.5 Å². The number of rotatable bonds is 2. The Hall–Kier alpha value is -2.48. The molecule has 0 bridgehead atoms. The lowest BCUT2D eigenvalue weighted by molar-refractivity contribution is 1.20. The van der Waals surface area contributed by atoms with Crippen molar-refractivity contribution in [3.05, 3.63) is 72.6 Å². The highest BCUT2D eigenvalue weighted by molar-refractivity contribution is 5.65. The third-order valence-electron chi connectivity index (χ3n) is 3.14. The summed E-state index contributed by atoms with van der Waals surface area (Å²) >= 11 is 0. The standard InChI is InChI=1S/C17H14N2/c1-13-7-5-6-10-15(13)17-12-18-16(11-19-17)14-8-3-2-4-9-14/h2-12H,1H3. The lowest BCUT2D eigenvalue weighted by Gasteiger charge is -2.05. The zero-order valence-corrected chi connectivity index (χ0v) is 10.7. The summed E-state index contributed by atoms with van der Waals surface area (Å²) in [6, 6.07) is 18.3. The molecule has 2 nitrogen and oxygen atoms in total. The second kappa shape index (κ2) is 5.02. The minimum absolute atomic E-state index is 0.901. The molecule has 2 aromatic carbocycles. The molecule has 0 aliphatic rings. The van der Waals surface area contributed by atoms with Gasteiger partial charge in [0.1, 0.15) is 0 Å². The fraction of sp³-hybridized carbons (Fsp3) is 0.0588. The molecule has 0 fully saturated rings. The van der Waals surface area contributed by atoms with Crippen LogP contribution in [0.1, 0.15) is 5.56 Å². The van der Waals surface area contributed by atoms with Gasteiger partial charge in [0.25, 0.3) is 0 Å². The lowest BCUT2D eigenvalue weighted by Crippen LogP contribution is -1.90. The normalized spacial score (nSPS) is 10.4. The zero-order chi connectivity index (χ0) is 13.1. The van der Waals surface area contributed by atoms with Gasteiger partial charge in [0.2, 0.25) is 0 Å². The summed E-state index contributed by atoms with van der Waals surface area (Å²) in [6.45, 7) is 2.09. The minimum atomic E-state index is 0.901. The maximum atomic E-state index is 4.52. The van der Waals surface area contributed by atoms with Crippen molar-refractivity contribution in [3.63, 3.8) is 0 Å². The predicted octanol–water partition coefficient (Wildman–Crippen LogP) is 4.12. The second-order valence-electron chi connectivity index (χ2n) is 4.47. The van der Waals surface area contributed by atoms with Crippen molar-refractivity contribution in [1.29, 1.82) is 0 Å². The molecule has 0 spiro atoms. The molecule has 19 heavy (non-hydrogen) atoms. The van der Waals surface area contributed by atoms with Gasteiger partial charge in [-0.2, -0.15) is 0 Å². The number of hydrogen-bond acceptors (Lipinski definition) is 2. The highest BCUT2D eigenvalue weighted by Gasteiger charge is 2.04. The first-order chi connectivity index (χ1) is 9.34. The number of benzene rings is 2. The fourth-order valence-corrected chi connectivity index (χ4v) is 2.09. The van der Waals surface area contributed by atoms with Gasteiger partial charge in [0, 0.05) is 11.1 Å². The van der Waals surface area contributed by atoms with Crippen molar-refractivity contribution in [2.75, 3.05) is 0 Å². The van der Waals surface area contributed by atoms with Crippen LogP contribution in [0.15, 0.2) is 67.0 Å². The van der Waals surface area contributed by atoms with Crippen molar-refractivity contribution in [2.24, 2.45) is 0 Å². The smallest absolute Gasteiger partial charge is 0.0888 e. The van der Waals surface area contributed by atoms with Crippen molar-refractivity contribution in [3.8, 4) is 22.5 Å². The van der Waals surface area contributed by atoms with E-state index in [-0.39, 0.29) is 0 Å². The van der Waals surface area contributed by atoms with Crippen molar-refractivity contribution >= 4 is 0 Å². The van der Waals surface area contributed by atoms with E-state index in [0.29, 0.717) is 0 Å². The maximum Gasteiger partial charge on any atom is 0.0888 e. The van der Waals surface area contributed by atoms with Gasteiger partial charge < -0.3 is 0 Å². The van der Waals surface area contributed by atoms with Crippen LogP contribution >= 0.6 is 0 Å². The molecule has 0 aliphatic carbocycles. The molecule has 0 unspecified atom stereocenters. The number of aryl methyl sites for hydroxylation is 1. The predicted molar refractivity (Wildman–Crippen MR) is 77.6 cm³/mol. The second-order valence-corrected chi connectivity index (χ2v) is 4.47. The van der Waals surface area contributed by atoms with E-state index in [1.165, 1.54) is 5.56 Å². The lowest BCUT2D eigenvalue weighted by atomic mass is 10.1. The molecule has 2 heteroatoms. The molecule has 1 aromatic heterocycles. The van der Waals surface area contributed by atoms with Gasteiger partial charge in [-0.25, -0.2) is 0 Å². The van der Waals surface area contributed by atoms with Crippen LogP contribution in [-0.4, -0.2) is 9.97 Å². The number of hydrogen-bond donors (Lipinski definition) is 0. The van der Waals surface area contributed by atoms with Gasteiger partial charge in [-0.3, -0.25) is 9.97 Å². The monoisotopic (exact) mass is 246 g/mol. The van der Waals surface area contributed by atoms with Crippen LogP contribution in [-0.2, 0) is 0 Å². The highest BCUT2D eigenvalue weighted by Crippen LogP contribution is 2.22. The summed E-state index contributed by atoms with van der Waals surface area (Å²) in [5, 5.41) is 0. The molecular formula is C17H14N2. The van der Waals surface area contributed by atoms with Gasteiger partial charge >= 0.3 is 0 Å². The van der Waals surface area contributed by atoms with Gasteiger partial charge in [-0.05, 0) is 12.5 Å². The molecule has 0 amide bonds. The number of nitrogens with zero attached hydrogens (tertiary/aromatic N) is 2. The Kier molecular flexibility index (Phi) is 3.07. The molecule has 0 aliphatic heterocycles. The van der Waals surface area contributed by atoms with Gasteiger partial charge in [-0.15, -0.1) is 0 Å². The third kappa shape index (κ3) is 2.38. The summed E-state index contributed by atoms with van der Waals surface area (Å²) in [6.07, 6.45) is 3.67. The van der Waals surface area contributed by atoms with E-state index in [4.69, 9.17) is 0 Å². The molecule has 0 radical (unpaired) electrons. The van der Waals surface area contributed by atoms with Gasteiger partial charge in [-0.1, -0.05) is 54.6 Å². The summed E-state index contributed by atoms with van der Waals surface area (Å²) < 4.78 is 0. The molecule has 0 atom stereocenters. The zero-order valence-electron chi connectivity index (χ0n) is 10.7. The minimum Gasteiger partial charge on any atom is -0.252 e. The average molecular weight is 246 g/mol. The first kappa shape index (κ1) is 11.6. The molecule has 0 N–H and O–H groups in total. The fourth-order valence-electron chi connectivity index (χ4n) is 2.09. The van der Waals surface area contributed by atoms with Crippen LogP contribution in [0, 0.1) is 6.92 Å². The first-order valence-electron chi connectivity index (χ1n) is 6.28. The van der Waals surface area contributed by atoms with E-state index in [0.717, 1.165) is 22.5 Å². The first-order valence-corrected chi connectivity index (χ1v) is 6.28. The quantitative estimate of drug-likeness (QED) is 0.679. The molecule has 1 heterocycles. The average Bonchev–Trinajstić information content (AvgIpc) is 2.49. The Labute approximate surface area is 112 Å². The van der Waals surface area contributed by atoms with Crippen LogP contribution < -0.4 is 0 Å². The molecule has 0 saturated heterocycles. The Bertz CT molecular complexity index is 673. The van der Waals surface area contributed by atoms with Gasteiger partial charge in [0.05, 0.1) is 23.8 Å². The van der Waals surface area contributed by atoms with E-state index >= 15 is 0 Å². The van der Waals surface area contributed by atoms with E-state index in [1.807, 2.05) is 54.9 Å². The summed E-state index contributed by atoms with van der Waals surface area (Å²) in [4.78, 5) is 9.03. The Morgan fingerprint density at radius 2 is 1.32 bits per heavy atom. The van der Waals surface area contributed by atoms with E-state index in [1.54, 1.807) is 0 Å².